The number of hydrogen-bond acceptors (Lipinski definition) is 7. The van der Waals surface area contributed by atoms with E-state index >= 15 is 0 Å². The Labute approximate surface area is 186 Å². The van der Waals surface area contributed by atoms with Gasteiger partial charge >= 0.3 is 0 Å². The van der Waals surface area contributed by atoms with E-state index in [9.17, 15) is 4.79 Å². The maximum absolute atomic E-state index is 13.0. The highest BCUT2D eigenvalue weighted by Crippen LogP contribution is 2.35. The number of piperazine rings is 1. The van der Waals surface area contributed by atoms with E-state index in [4.69, 9.17) is 14.2 Å². The lowest BCUT2D eigenvalue weighted by molar-refractivity contribution is 0.0742. The fraction of sp³-hybridized carbons (Fsp3) is 0.292. The lowest BCUT2D eigenvalue weighted by Gasteiger charge is -2.35. The molecule has 8 heteroatoms. The second-order valence-corrected chi connectivity index (χ2v) is 7.55. The van der Waals surface area contributed by atoms with Crippen molar-refractivity contribution in [2.45, 2.75) is 6.92 Å². The molecule has 1 saturated heterocycles. The first-order valence-corrected chi connectivity index (χ1v) is 10.7. The maximum atomic E-state index is 13.0. The molecule has 0 spiro atoms. The summed E-state index contributed by atoms with van der Waals surface area (Å²) in [4.78, 5) is 17.0. The van der Waals surface area contributed by atoms with Crippen LogP contribution in [0.3, 0.4) is 0 Å². The van der Waals surface area contributed by atoms with Crippen molar-refractivity contribution in [3.63, 3.8) is 0 Å². The van der Waals surface area contributed by atoms with Gasteiger partial charge in [0, 0.05) is 31.7 Å². The molecular weight excluding hydrogens is 408 g/mol. The van der Waals surface area contributed by atoms with Crippen molar-refractivity contribution >= 4 is 11.7 Å². The molecule has 0 unspecified atom stereocenters. The fourth-order valence-electron chi connectivity index (χ4n) is 3.94. The Hall–Kier alpha value is -3.81. The Morgan fingerprint density at radius 3 is 2.56 bits per heavy atom. The molecule has 0 aliphatic carbocycles. The van der Waals surface area contributed by atoms with E-state index in [2.05, 4.69) is 15.1 Å². The first-order valence-electron chi connectivity index (χ1n) is 10.7. The summed E-state index contributed by atoms with van der Waals surface area (Å²) in [6.07, 6.45) is 0. The Kier molecular flexibility index (Phi) is 5.49. The Bertz CT molecular complexity index is 1110. The molecule has 2 aliphatic rings. The van der Waals surface area contributed by atoms with Crippen molar-refractivity contribution in [1.29, 1.82) is 0 Å². The summed E-state index contributed by atoms with van der Waals surface area (Å²) in [7, 11) is 0. The SMILES string of the molecule is CCOc1ccccc1C(=O)N1CCN(c2ccc(-c3ccc4c(c3)OCO4)nn2)CC1. The fourth-order valence-corrected chi connectivity index (χ4v) is 3.94. The molecule has 0 saturated carbocycles. The second-order valence-electron chi connectivity index (χ2n) is 7.55. The number of rotatable bonds is 5. The summed E-state index contributed by atoms with van der Waals surface area (Å²) in [6.45, 7) is 5.31. The zero-order valence-corrected chi connectivity index (χ0v) is 17.9. The summed E-state index contributed by atoms with van der Waals surface area (Å²) < 4.78 is 16.4. The lowest BCUT2D eigenvalue weighted by atomic mass is 10.1. The molecule has 2 aliphatic heterocycles. The molecule has 3 aromatic rings. The third-order valence-corrected chi connectivity index (χ3v) is 5.63. The topological polar surface area (TPSA) is 77.0 Å². The standard InChI is InChI=1S/C24H24N4O4/c1-2-30-20-6-4-3-5-18(20)24(29)28-13-11-27(12-14-28)23-10-8-19(25-26-23)17-7-9-21-22(15-17)32-16-31-21/h3-10,15H,2,11-14,16H2,1H3. The molecular formula is C24H24N4O4. The molecule has 32 heavy (non-hydrogen) atoms. The Morgan fingerprint density at radius 1 is 0.969 bits per heavy atom. The van der Waals surface area contributed by atoms with Crippen LogP contribution < -0.4 is 19.1 Å². The van der Waals surface area contributed by atoms with Crippen LogP contribution in [0.2, 0.25) is 0 Å². The smallest absolute Gasteiger partial charge is 0.257 e. The molecule has 5 rings (SSSR count). The number of carbonyl (C=O) groups is 1. The van der Waals surface area contributed by atoms with Crippen molar-refractivity contribution in [2.24, 2.45) is 0 Å². The summed E-state index contributed by atoms with van der Waals surface area (Å²) in [5.74, 6) is 2.90. The van der Waals surface area contributed by atoms with Crippen LogP contribution in [0.5, 0.6) is 17.2 Å². The summed E-state index contributed by atoms with van der Waals surface area (Å²) in [6, 6.07) is 17.1. The Balaban J connectivity index is 1.23. The number of anilines is 1. The number of ether oxygens (including phenoxy) is 3. The largest absolute Gasteiger partial charge is 0.493 e. The molecule has 8 nitrogen and oxygen atoms in total. The number of amides is 1. The predicted molar refractivity (Wildman–Crippen MR) is 119 cm³/mol. The number of benzene rings is 2. The molecule has 1 amide bonds. The van der Waals surface area contributed by atoms with Crippen molar-refractivity contribution in [2.75, 3.05) is 44.5 Å². The van der Waals surface area contributed by atoms with Gasteiger partial charge in [-0.05, 0) is 49.4 Å². The van der Waals surface area contributed by atoms with Gasteiger partial charge in [0.25, 0.3) is 5.91 Å². The van der Waals surface area contributed by atoms with Crippen LogP contribution in [0.15, 0.2) is 54.6 Å². The van der Waals surface area contributed by atoms with E-state index < -0.39 is 0 Å². The maximum Gasteiger partial charge on any atom is 0.257 e. The summed E-state index contributed by atoms with van der Waals surface area (Å²) >= 11 is 0. The van der Waals surface area contributed by atoms with Crippen LogP contribution in [-0.4, -0.2) is 60.6 Å². The van der Waals surface area contributed by atoms with E-state index in [-0.39, 0.29) is 12.7 Å². The molecule has 164 valence electrons. The highest BCUT2D eigenvalue weighted by atomic mass is 16.7. The highest BCUT2D eigenvalue weighted by Gasteiger charge is 2.25. The van der Waals surface area contributed by atoms with Crippen LogP contribution in [0.4, 0.5) is 5.82 Å². The van der Waals surface area contributed by atoms with E-state index in [1.54, 1.807) is 0 Å². The van der Waals surface area contributed by atoms with Gasteiger partial charge in [-0.1, -0.05) is 12.1 Å². The first kappa shape index (κ1) is 20.1. The zero-order chi connectivity index (χ0) is 21.9. The van der Waals surface area contributed by atoms with Gasteiger partial charge in [-0.3, -0.25) is 4.79 Å². The highest BCUT2D eigenvalue weighted by molar-refractivity contribution is 5.97. The molecule has 0 atom stereocenters. The van der Waals surface area contributed by atoms with Gasteiger partial charge in [0.2, 0.25) is 6.79 Å². The number of aromatic nitrogens is 2. The third kappa shape index (κ3) is 3.91. The molecule has 1 aromatic heterocycles. The number of fused-ring (bicyclic) bond motifs is 1. The summed E-state index contributed by atoms with van der Waals surface area (Å²) in [5.41, 5.74) is 2.31. The zero-order valence-electron chi connectivity index (χ0n) is 17.9. The van der Waals surface area contributed by atoms with Gasteiger partial charge in [0.15, 0.2) is 17.3 Å². The van der Waals surface area contributed by atoms with Crippen molar-refractivity contribution in [3.8, 4) is 28.5 Å². The lowest BCUT2D eigenvalue weighted by Crippen LogP contribution is -2.49. The second kappa shape index (κ2) is 8.74. The minimum atomic E-state index is -0.00191. The van der Waals surface area contributed by atoms with Crippen molar-refractivity contribution < 1.29 is 19.0 Å². The number of nitrogens with zero attached hydrogens (tertiary/aromatic N) is 4. The number of carbonyl (C=O) groups excluding carboxylic acids is 1. The first-order chi connectivity index (χ1) is 15.7. The van der Waals surface area contributed by atoms with Crippen LogP contribution in [0, 0.1) is 0 Å². The predicted octanol–water partition coefficient (Wildman–Crippen LogP) is 3.23. The quantitative estimate of drug-likeness (QED) is 0.613. The van der Waals surface area contributed by atoms with Crippen LogP contribution in [-0.2, 0) is 0 Å². The van der Waals surface area contributed by atoms with Crippen molar-refractivity contribution in [3.05, 3.63) is 60.2 Å². The van der Waals surface area contributed by atoms with Crippen LogP contribution in [0.25, 0.3) is 11.3 Å². The molecule has 1 fully saturated rings. The summed E-state index contributed by atoms with van der Waals surface area (Å²) in [5, 5.41) is 8.82. The minimum Gasteiger partial charge on any atom is -0.493 e. The van der Waals surface area contributed by atoms with E-state index in [1.165, 1.54) is 0 Å². The van der Waals surface area contributed by atoms with Gasteiger partial charge in [-0.25, -0.2) is 0 Å². The minimum absolute atomic E-state index is 0.00191. The average Bonchev–Trinajstić information content (AvgIpc) is 3.32. The van der Waals surface area contributed by atoms with Gasteiger partial charge in [0.05, 0.1) is 17.9 Å². The molecule has 0 N–H and O–H groups in total. The van der Waals surface area contributed by atoms with E-state index in [0.717, 1.165) is 28.6 Å². The molecule has 2 aromatic carbocycles. The normalized spacial score (nSPS) is 15.0. The number of para-hydroxylation sites is 1. The van der Waals surface area contributed by atoms with Crippen LogP contribution in [0.1, 0.15) is 17.3 Å². The number of hydrogen-bond donors (Lipinski definition) is 0. The van der Waals surface area contributed by atoms with E-state index in [1.807, 2.05) is 66.4 Å². The van der Waals surface area contributed by atoms with Gasteiger partial charge < -0.3 is 24.0 Å². The average molecular weight is 432 g/mol. The Morgan fingerprint density at radius 2 is 1.78 bits per heavy atom. The van der Waals surface area contributed by atoms with Gasteiger partial charge in [0.1, 0.15) is 5.75 Å². The molecule has 3 heterocycles. The molecule has 0 radical (unpaired) electrons. The van der Waals surface area contributed by atoms with Crippen molar-refractivity contribution in [1.82, 2.24) is 15.1 Å². The van der Waals surface area contributed by atoms with E-state index in [0.29, 0.717) is 44.1 Å². The monoisotopic (exact) mass is 432 g/mol. The van der Waals surface area contributed by atoms with Gasteiger partial charge in [-0.2, -0.15) is 0 Å². The van der Waals surface area contributed by atoms with Crippen LogP contribution >= 0.6 is 0 Å². The molecule has 0 bridgehead atoms. The van der Waals surface area contributed by atoms with Gasteiger partial charge in [-0.15, -0.1) is 10.2 Å². The third-order valence-electron chi connectivity index (χ3n) is 5.63.